The molecule has 1 aliphatic rings. The molecule has 16 heavy (non-hydrogen) atoms. The lowest BCUT2D eigenvalue weighted by Gasteiger charge is -2.36. The number of hydrogen-bond acceptors (Lipinski definition) is 2. The molecule has 1 atom stereocenters. The smallest absolute Gasteiger partial charge is 0.146 e. The maximum Gasteiger partial charge on any atom is 0.146 e. The number of hydrogen-bond donors (Lipinski definition) is 1. The predicted molar refractivity (Wildman–Crippen MR) is 68.3 cm³/mol. The third kappa shape index (κ3) is 2.78. The minimum absolute atomic E-state index is 0. The molecule has 1 aliphatic heterocycles. The van der Waals surface area contributed by atoms with Crippen molar-refractivity contribution in [2.75, 3.05) is 24.5 Å². The zero-order valence-corrected chi connectivity index (χ0v) is 10.6. The molecule has 1 aromatic carbocycles. The summed E-state index contributed by atoms with van der Waals surface area (Å²) in [7, 11) is 0. The Morgan fingerprint density at radius 2 is 2.25 bits per heavy atom. The van der Waals surface area contributed by atoms with E-state index in [2.05, 4.69) is 17.1 Å². The third-order valence-corrected chi connectivity index (χ3v) is 2.95. The summed E-state index contributed by atoms with van der Waals surface area (Å²) >= 11 is 5.87. The molecular formula is C11H15Cl2FN2. The summed E-state index contributed by atoms with van der Waals surface area (Å²) in [5.41, 5.74) is 0.608. The van der Waals surface area contributed by atoms with Crippen LogP contribution in [0.1, 0.15) is 6.92 Å². The fourth-order valence-electron chi connectivity index (χ4n) is 1.90. The third-order valence-electron chi connectivity index (χ3n) is 2.72. The Morgan fingerprint density at radius 3 is 2.94 bits per heavy atom. The van der Waals surface area contributed by atoms with E-state index in [1.807, 2.05) is 0 Å². The fraction of sp³-hybridized carbons (Fsp3) is 0.455. The highest BCUT2D eigenvalue weighted by atomic mass is 35.5. The predicted octanol–water partition coefficient (Wildman–Crippen LogP) is 2.70. The Hall–Kier alpha value is -0.510. The van der Waals surface area contributed by atoms with E-state index in [9.17, 15) is 4.39 Å². The van der Waals surface area contributed by atoms with Gasteiger partial charge in [-0.2, -0.15) is 0 Å². The van der Waals surface area contributed by atoms with Gasteiger partial charge in [0.25, 0.3) is 0 Å². The fourth-order valence-corrected chi connectivity index (χ4v) is 2.07. The molecule has 0 unspecified atom stereocenters. The van der Waals surface area contributed by atoms with E-state index in [-0.39, 0.29) is 18.2 Å². The van der Waals surface area contributed by atoms with E-state index >= 15 is 0 Å². The molecule has 1 heterocycles. The van der Waals surface area contributed by atoms with E-state index in [0.29, 0.717) is 16.8 Å². The van der Waals surface area contributed by atoms with Crippen molar-refractivity contribution < 1.29 is 4.39 Å². The van der Waals surface area contributed by atoms with E-state index in [4.69, 9.17) is 11.6 Å². The van der Waals surface area contributed by atoms with E-state index in [1.165, 1.54) is 6.07 Å². The van der Waals surface area contributed by atoms with Gasteiger partial charge in [0, 0.05) is 30.7 Å². The first-order chi connectivity index (χ1) is 7.18. The summed E-state index contributed by atoms with van der Waals surface area (Å²) in [4.78, 5) is 2.05. The number of rotatable bonds is 1. The Labute approximate surface area is 106 Å². The molecule has 1 N–H and O–H groups in total. The van der Waals surface area contributed by atoms with E-state index < -0.39 is 0 Å². The second-order valence-corrected chi connectivity index (χ2v) is 4.28. The highest BCUT2D eigenvalue weighted by Crippen LogP contribution is 2.25. The number of anilines is 1. The Balaban J connectivity index is 0.00000128. The highest BCUT2D eigenvalue weighted by molar-refractivity contribution is 6.30. The SMILES string of the molecule is C[C@@H]1CNCCN1c1cc(Cl)ccc1F.Cl. The lowest BCUT2D eigenvalue weighted by molar-refractivity contribution is 0.491. The molecule has 0 spiro atoms. The number of halogens is 3. The molecule has 2 rings (SSSR count). The average Bonchev–Trinajstić information content (AvgIpc) is 2.23. The largest absolute Gasteiger partial charge is 0.364 e. The normalized spacial score (nSPS) is 20.4. The van der Waals surface area contributed by atoms with Crippen LogP contribution in [0.15, 0.2) is 18.2 Å². The van der Waals surface area contributed by atoms with Crippen molar-refractivity contribution >= 4 is 29.7 Å². The molecule has 5 heteroatoms. The first-order valence-corrected chi connectivity index (χ1v) is 5.48. The van der Waals surface area contributed by atoms with E-state index in [1.54, 1.807) is 12.1 Å². The molecule has 0 aliphatic carbocycles. The average molecular weight is 265 g/mol. The molecular weight excluding hydrogens is 250 g/mol. The summed E-state index contributed by atoms with van der Waals surface area (Å²) in [6.07, 6.45) is 0. The molecule has 2 nitrogen and oxygen atoms in total. The van der Waals surface area contributed by atoms with Gasteiger partial charge in [0.05, 0.1) is 5.69 Å². The van der Waals surface area contributed by atoms with Crippen molar-refractivity contribution in [3.05, 3.63) is 29.0 Å². The number of benzene rings is 1. The van der Waals surface area contributed by atoms with Crippen molar-refractivity contribution in [3.63, 3.8) is 0 Å². The zero-order valence-electron chi connectivity index (χ0n) is 9.04. The second-order valence-electron chi connectivity index (χ2n) is 3.84. The van der Waals surface area contributed by atoms with Crippen molar-refractivity contribution in [2.45, 2.75) is 13.0 Å². The Kier molecular flexibility index (Phi) is 4.84. The van der Waals surface area contributed by atoms with Gasteiger partial charge in [-0.25, -0.2) is 4.39 Å². The first kappa shape index (κ1) is 13.6. The Morgan fingerprint density at radius 1 is 1.50 bits per heavy atom. The standard InChI is InChI=1S/C11H14ClFN2.ClH/c1-8-7-14-4-5-15(8)11-6-9(12)2-3-10(11)13;/h2-3,6,8,14H,4-5,7H2,1H3;1H/t8-;/m1./s1. The van der Waals surface area contributed by atoms with Gasteiger partial charge in [0.2, 0.25) is 0 Å². The van der Waals surface area contributed by atoms with Gasteiger partial charge in [-0.3, -0.25) is 0 Å². The monoisotopic (exact) mass is 264 g/mol. The van der Waals surface area contributed by atoms with Crippen molar-refractivity contribution in [1.82, 2.24) is 5.32 Å². The van der Waals surface area contributed by atoms with Gasteiger partial charge in [-0.15, -0.1) is 12.4 Å². The summed E-state index contributed by atoms with van der Waals surface area (Å²) < 4.78 is 13.6. The van der Waals surface area contributed by atoms with Gasteiger partial charge < -0.3 is 10.2 Å². The van der Waals surface area contributed by atoms with Gasteiger partial charge in [0.15, 0.2) is 0 Å². The molecule has 0 radical (unpaired) electrons. The molecule has 90 valence electrons. The van der Waals surface area contributed by atoms with Crippen LogP contribution >= 0.6 is 24.0 Å². The lowest BCUT2D eigenvalue weighted by Crippen LogP contribution is -2.50. The minimum atomic E-state index is -0.201. The summed E-state index contributed by atoms with van der Waals surface area (Å²) in [6, 6.07) is 4.99. The van der Waals surface area contributed by atoms with Crippen LogP contribution in [0.3, 0.4) is 0 Å². The van der Waals surface area contributed by atoms with Gasteiger partial charge in [0.1, 0.15) is 5.82 Å². The van der Waals surface area contributed by atoms with Gasteiger partial charge in [-0.1, -0.05) is 11.6 Å². The molecule has 0 amide bonds. The van der Waals surface area contributed by atoms with E-state index in [0.717, 1.165) is 19.6 Å². The van der Waals surface area contributed by atoms with Crippen LogP contribution in [0.4, 0.5) is 10.1 Å². The molecule has 1 aromatic rings. The maximum atomic E-state index is 13.6. The summed E-state index contributed by atoms with van der Waals surface area (Å²) in [5, 5.41) is 3.85. The lowest BCUT2D eigenvalue weighted by atomic mass is 10.1. The molecule has 1 saturated heterocycles. The van der Waals surface area contributed by atoms with Gasteiger partial charge >= 0.3 is 0 Å². The maximum absolute atomic E-state index is 13.6. The first-order valence-electron chi connectivity index (χ1n) is 5.11. The number of piperazine rings is 1. The molecule has 1 fully saturated rings. The summed E-state index contributed by atoms with van der Waals surface area (Å²) in [6.45, 7) is 4.66. The van der Waals surface area contributed by atoms with Crippen LogP contribution in [0, 0.1) is 5.82 Å². The van der Waals surface area contributed by atoms with Crippen LogP contribution in [0.5, 0.6) is 0 Å². The molecule has 0 aromatic heterocycles. The van der Waals surface area contributed by atoms with Crippen molar-refractivity contribution in [1.29, 1.82) is 0 Å². The van der Waals surface area contributed by atoms with Crippen LogP contribution in [0.25, 0.3) is 0 Å². The Bertz CT molecular complexity index is 360. The number of nitrogens with zero attached hydrogens (tertiary/aromatic N) is 1. The molecule has 0 saturated carbocycles. The van der Waals surface area contributed by atoms with Crippen molar-refractivity contribution in [2.24, 2.45) is 0 Å². The summed E-state index contributed by atoms with van der Waals surface area (Å²) in [5.74, 6) is -0.201. The second kappa shape index (κ2) is 5.71. The molecule has 0 bridgehead atoms. The van der Waals surface area contributed by atoms with Crippen LogP contribution in [-0.4, -0.2) is 25.7 Å². The van der Waals surface area contributed by atoms with Crippen molar-refractivity contribution in [3.8, 4) is 0 Å². The minimum Gasteiger partial charge on any atom is -0.364 e. The van der Waals surface area contributed by atoms with Crippen LogP contribution < -0.4 is 10.2 Å². The zero-order chi connectivity index (χ0) is 10.8. The van der Waals surface area contributed by atoms with Crippen LogP contribution in [-0.2, 0) is 0 Å². The van der Waals surface area contributed by atoms with Gasteiger partial charge in [-0.05, 0) is 25.1 Å². The topological polar surface area (TPSA) is 15.3 Å². The quantitative estimate of drug-likeness (QED) is 0.839. The van der Waals surface area contributed by atoms with Crippen LogP contribution in [0.2, 0.25) is 5.02 Å². The number of nitrogens with one attached hydrogen (secondary N) is 1. The highest BCUT2D eigenvalue weighted by Gasteiger charge is 2.20.